The standard InChI is InChI=1S/C20H26FN5O/c1-14-13-16(23-19(22-14)24-20(2,3)4)18(27)26-11-9-25(10-12-26)17-8-6-5-7-15(17)21/h5-8,13H,9-12H2,1-4H3,(H,22,23,24). The van der Waals surface area contributed by atoms with Crippen molar-refractivity contribution in [1.29, 1.82) is 0 Å². The molecule has 3 rings (SSSR count). The molecule has 144 valence electrons. The van der Waals surface area contributed by atoms with Crippen LogP contribution in [-0.2, 0) is 0 Å². The zero-order valence-corrected chi connectivity index (χ0v) is 16.3. The maximum atomic E-state index is 14.0. The molecule has 0 atom stereocenters. The van der Waals surface area contributed by atoms with E-state index >= 15 is 0 Å². The highest BCUT2D eigenvalue weighted by atomic mass is 19.1. The third kappa shape index (κ3) is 4.72. The summed E-state index contributed by atoms with van der Waals surface area (Å²) in [6.07, 6.45) is 0. The van der Waals surface area contributed by atoms with E-state index < -0.39 is 0 Å². The predicted molar refractivity (Wildman–Crippen MR) is 105 cm³/mol. The van der Waals surface area contributed by atoms with E-state index in [1.54, 1.807) is 23.1 Å². The Morgan fingerprint density at radius 1 is 1.11 bits per heavy atom. The molecule has 0 unspecified atom stereocenters. The van der Waals surface area contributed by atoms with Crippen LogP contribution in [0.3, 0.4) is 0 Å². The third-order valence-corrected chi connectivity index (χ3v) is 4.32. The minimum Gasteiger partial charge on any atom is -0.366 e. The number of rotatable bonds is 3. The molecule has 2 aromatic rings. The fraction of sp³-hybridized carbons (Fsp3) is 0.450. The molecule has 1 aliphatic rings. The van der Waals surface area contributed by atoms with Gasteiger partial charge in [0.25, 0.3) is 5.91 Å². The zero-order valence-electron chi connectivity index (χ0n) is 16.3. The first-order valence-electron chi connectivity index (χ1n) is 9.15. The van der Waals surface area contributed by atoms with Gasteiger partial charge in [0.2, 0.25) is 5.95 Å². The fourth-order valence-corrected chi connectivity index (χ4v) is 3.09. The van der Waals surface area contributed by atoms with Crippen LogP contribution in [0.15, 0.2) is 30.3 Å². The number of anilines is 2. The second-order valence-corrected chi connectivity index (χ2v) is 7.82. The average Bonchev–Trinajstić information content (AvgIpc) is 2.60. The van der Waals surface area contributed by atoms with Gasteiger partial charge in [-0.05, 0) is 45.9 Å². The van der Waals surface area contributed by atoms with Crippen LogP contribution in [0.1, 0.15) is 37.0 Å². The van der Waals surface area contributed by atoms with Crippen molar-refractivity contribution in [2.45, 2.75) is 33.2 Å². The Morgan fingerprint density at radius 3 is 2.41 bits per heavy atom. The van der Waals surface area contributed by atoms with Crippen LogP contribution in [0.2, 0.25) is 0 Å². The number of carbonyl (C=O) groups excluding carboxylic acids is 1. The number of aryl methyl sites for hydroxylation is 1. The summed E-state index contributed by atoms with van der Waals surface area (Å²) in [5.74, 6) is 0.100. The lowest BCUT2D eigenvalue weighted by Crippen LogP contribution is -2.49. The van der Waals surface area contributed by atoms with Gasteiger partial charge in [0.05, 0.1) is 5.69 Å². The summed E-state index contributed by atoms with van der Waals surface area (Å²) >= 11 is 0. The van der Waals surface area contributed by atoms with Gasteiger partial charge in [-0.3, -0.25) is 4.79 Å². The van der Waals surface area contributed by atoms with E-state index in [2.05, 4.69) is 15.3 Å². The number of benzene rings is 1. The summed E-state index contributed by atoms with van der Waals surface area (Å²) in [5, 5.41) is 3.21. The van der Waals surface area contributed by atoms with Gasteiger partial charge in [0.1, 0.15) is 11.5 Å². The largest absolute Gasteiger partial charge is 0.366 e. The SMILES string of the molecule is Cc1cc(C(=O)N2CCN(c3ccccc3F)CC2)nc(NC(C)(C)C)n1. The highest BCUT2D eigenvalue weighted by molar-refractivity contribution is 5.92. The van der Waals surface area contributed by atoms with E-state index in [0.29, 0.717) is 43.5 Å². The first-order valence-corrected chi connectivity index (χ1v) is 9.15. The van der Waals surface area contributed by atoms with Crippen LogP contribution >= 0.6 is 0 Å². The summed E-state index contributed by atoms with van der Waals surface area (Å²) in [6.45, 7) is 10.1. The van der Waals surface area contributed by atoms with Crippen LogP contribution in [-0.4, -0.2) is 52.5 Å². The molecule has 27 heavy (non-hydrogen) atoms. The van der Waals surface area contributed by atoms with Crippen molar-refractivity contribution in [2.75, 3.05) is 36.4 Å². The molecular weight excluding hydrogens is 345 g/mol. The maximum Gasteiger partial charge on any atom is 0.272 e. The minimum absolute atomic E-state index is 0.120. The fourth-order valence-electron chi connectivity index (χ4n) is 3.09. The van der Waals surface area contributed by atoms with E-state index in [-0.39, 0.29) is 17.3 Å². The van der Waals surface area contributed by atoms with E-state index in [0.717, 1.165) is 5.69 Å². The number of amides is 1. The van der Waals surface area contributed by atoms with Crippen molar-refractivity contribution in [3.05, 3.63) is 47.5 Å². The second-order valence-electron chi connectivity index (χ2n) is 7.82. The minimum atomic E-state index is -0.235. The Balaban J connectivity index is 1.70. The summed E-state index contributed by atoms with van der Waals surface area (Å²) in [5.41, 5.74) is 1.51. The van der Waals surface area contributed by atoms with Gasteiger partial charge in [-0.2, -0.15) is 0 Å². The van der Waals surface area contributed by atoms with E-state index in [4.69, 9.17) is 0 Å². The molecule has 1 N–H and O–H groups in total. The molecule has 6 nitrogen and oxygen atoms in total. The van der Waals surface area contributed by atoms with Crippen LogP contribution in [0.5, 0.6) is 0 Å². The smallest absolute Gasteiger partial charge is 0.272 e. The number of nitrogens with zero attached hydrogens (tertiary/aromatic N) is 4. The van der Waals surface area contributed by atoms with Crippen molar-refractivity contribution < 1.29 is 9.18 Å². The Labute approximate surface area is 159 Å². The lowest BCUT2D eigenvalue weighted by molar-refractivity contribution is 0.0740. The molecule has 1 aromatic carbocycles. The normalized spacial score (nSPS) is 15.0. The second kappa shape index (κ2) is 7.50. The van der Waals surface area contributed by atoms with Crippen molar-refractivity contribution in [2.24, 2.45) is 0 Å². The first-order chi connectivity index (χ1) is 12.7. The average molecular weight is 371 g/mol. The van der Waals surface area contributed by atoms with Gasteiger partial charge in [0, 0.05) is 37.4 Å². The summed E-state index contributed by atoms with van der Waals surface area (Å²) in [7, 11) is 0. The van der Waals surface area contributed by atoms with Gasteiger partial charge in [0.15, 0.2) is 0 Å². The van der Waals surface area contributed by atoms with Crippen LogP contribution in [0.4, 0.5) is 16.0 Å². The van der Waals surface area contributed by atoms with Gasteiger partial charge in [-0.25, -0.2) is 14.4 Å². The lowest BCUT2D eigenvalue weighted by atomic mass is 10.1. The predicted octanol–water partition coefficient (Wildman–Crippen LogP) is 3.10. The Bertz CT molecular complexity index is 825. The van der Waals surface area contributed by atoms with E-state index in [1.165, 1.54) is 6.07 Å². The highest BCUT2D eigenvalue weighted by Gasteiger charge is 2.25. The van der Waals surface area contributed by atoms with Gasteiger partial charge < -0.3 is 15.1 Å². The molecule has 0 aliphatic carbocycles. The first kappa shape index (κ1) is 19.1. The number of nitrogens with one attached hydrogen (secondary N) is 1. The molecule has 0 radical (unpaired) electrons. The Hall–Kier alpha value is -2.70. The lowest BCUT2D eigenvalue weighted by Gasteiger charge is -2.36. The number of carbonyl (C=O) groups is 1. The number of halogens is 1. The van der Waals surface area contributed by atoms with Crippen molar-refractivity contribution >= 4 is 17.5 Å². The molecule has 1 amide bonds. The zero-order chi connectivity index (χ0) is 19.6. The monoisotopic (exact) mass is 371 g/mol. The maximum absolute atomic E-state index is 14.0. The highest BCUT2D eigenvalue weighted by Crippen LogP contribution is 2.21. The summed E-state index contributed by atoms with van der Waals surface area (Å²) in [4.78, 5) is 25.4. The van der Waals surface area contributed by atoms with Crippen molar-refractivity contribution in [1.82, 2.24) is 14.9 Å². The molecule has 1 fully saturated rings. The Morgan fingerprint density at radius 2 is 1.78 bits per heavy atom. The van der Waals surface area contributed by atoms with Gasteiger partial charge >= 0.3 is 0 Å². The molecule has 1 aromatic heterocycles. The number of aromatic nitrogens is 2. The van der Waals surface area contributed by atoms with Crippen molar-refractivity contribution in [3.8, 4) is 0 Å². The van der Waals surface area contributed by atoms with Crippen LogP contribution in [0, 0.1) is 12.7 Å². The van der Waals surface area contributed by atoms with E-state index in [1.807, 2.05) is 38.7 Å². The quantitative estimate of drug-likeness (QED) is 0.898. The molecule has 0 spiro atoms. The molecule has 0 bridgehead atoms. The topological polar surface area (TPSA) is 61.4 Å². The van der Waals surface area contributed by atoms with Crippen molar-refractivity contribution in [3.63, 3.8) is 0 Å². The molecule has 2 heterocycles. The molecule has 1 saturated heterocycles. The summed E-state index contributed by atoms with van der Waals surface area (Å²) < 4.78 is 14.0. The number of para-hydroxylation sites is 1. The number of piperazine rings is 1. The molecule has 7 heteroatoms. The van der Waals surface area contributed by atoms with Crippen LogP contribution in [0.25, 0.3) is 0 Å². The van der Waals surface area contributed by atoms with Gasteiger partial charge in [-0.15, -0.1) is 0 Å². The summed E-state index contributed by atoms with van der Waals surface area (Å²) in [6, 6.07) is 8.44. The molecular formula is C20H26FN5O. The molecule has 1 aliphatic heterocycles. The third-order valence-electron chi connectivity index (χ3n) is 4.32. The Kier molecular flexibility index (Phi) is 5.30. The number of hydrogen-bond acceptors (Lipinski definition) is 5. The van der Waals surface area contributed by atoms with E-state index in [9.17, 15) is 9.18 Å². The molecule has 0 saturated carbocycles. The number of hydrogen-bond donors (Lipinski definition) is 1. The van der Waals surface area contributed by atoms with Crippen LogP contribution < -0.4 is 10.2 Å². The van der Waals surface area contributed by atoms with Gasteiger partial charge in [-0.1, -0.05) is 12.1 Å².